The minimum atomic E-state index is -0.618. The molecule has 6 rings (SSSR count). The van der Waals surface area contributed by atoms with Gasteiger partial charge < -0.3 is 19.5 Å². The Labute approximate surface area is 226 Å². The third kappa shape index (κ3) is 5.05. The third-order valence-electron chi connectivity index (χ3n) is 7.89. The summed E-state index contributed by atoms with van der Waals surface area (Å²) in [7, 11) is 0. The number of nitrogens with zero attached hydrogens (tertiary/aromatic N) is 5. The highest BCUT2D eigenvalue weighted by atomic mass is 32.1. The standard InChI is InChI=1S/C29H34N6O2S/c1-19-5-7-24(35(17-19)29(37)27(36)31-22-9-13-34-14-10-30-26(34)16-22)21-6-8-25-23(15-21)32-28(38-25)20(2)18-33-11-3-4-12-33/h6,8-10,13-16,19-20,24H,3-5,7,11-12,17-18H2,1-2H3,(H,31,36)/t19-,20?,24+/m0/s1. The summed E-state index contributed by atoms with van der Waals surface area (Å²) in [5, 5.41) is 3.95. The molecule has 1 N–H and O–H groups in total. The number of anilines is 1. The summed E-state index contributed by atoms with van der Waals surface area (Å²) in [5.41, 5.74) is 3.31. The molecule has 198 valence electrons. The van der Waals surface area contributed by atoms with Crippen molar-refractivity contribution in [3.63, 3.8) is 0 Å². The van der Waals surface area contributed by atoms with Crippen LogP contribution in [0.15, 0.2) is 48.9 Å². The van der Waals surface area contributed by atoms with Crippen LogP contribution in [0.2, 0.25) is 0 Å². The molecule has 0 radical (unpaired) electrons. The van der Waals surface area contributed by atoms with E-state index in [0.29, 0.717) is 29.7 Å². The van der Waals surface area contributed by atoms with Crippen LogP contribution in [0.5, 0.6) is 0 Å². The van der Waals surface area contributed by atoms with E-state index in [9.17, 15) is 9.59 Å². The Bertz CT molecular complexity index is 1470. The fourth-order valence-electron chi connectivity index (χ4n) is 5.84. The maximum Gasteiger partial charge on any atom is 0.313 e. The normalized spacial score (nSPS) is 21.3. The zero-order valence-electron chi connectivity index (χ0n) is 22.0. The van der Waals surface area contributed by atoms with Crippen molar-refractivity contribution in [2.45, 2.75) is 51.5 Å². The maximum atomic E-state index is 13.4. The quantitative estimate of drug-likeness (QED) is 0.364. The van der Waals surface area contributed by atoms with E-state index in [2.05, 4.69) is 47.2 Å². The molecule has 0 spiro atoms. The van der Waals surface area contributed by atoms with Crippen molar-refractivity contribution < 1.29 is 9.59 Å². The molecule has 3 atom stereocenters. The molecule has 0 saturated carbocycles. The van der Waals surface area contributed by atoms with Gasteiger partial charge in [-0.1, -0.05) is 19.9 Å². The van der Waals surface area contributed by atoms with Gasteiger partial charge in [0.2, 0.25) is 0 Å². The van der Waals surface area contributed by atoms with Crippen molar-refractivity contribution in [2.24, 2.45) is 5.92 Å². The number of fused-ring (bicyclic) bond motifs is 2. The van der Waals surface area contributed by atoms with Crippen LogP contribution in [0.1, 0.15) is 62.1 Å². The van der Waals surface area contributed by atoms with Crippen LogP contribution in [0.4, 0.5) is 5.69 Å². The second kappa shape index (κ2) is 10.5. The summed E-state index contributed by atoms with van der Waals surface area (Å²) in [6.07, 6.45) is 9.78. The smallest absolute Gasteiger partial charge is 0.313 e. The van der Waals surface area contributed by atoms with Gasteiger partial charge >= 0.3 is 11.8 Å². The van der Waals surface area contributed by atoms with Crippen LogP contribution in [0.25, 0.3) is 15.9 Å². The van der Waals surface area contributed by atoms with Crippen LogP contribution in [0, 0.1) is 5.92 Å². The topological polar surface area (TPSA) is 82.8 Å². The highest BCUT2D eigenvalue weighted by Crippen LogP contribution is 2.36. The molecule has 2 aliphatic heterocycles. The minimum Gasteiger partial charge on any atom is -0.327 e. The van der Waals surface area contributed by atoms with E-state index in [0.717, 1.165) is 30.5 Å². The molecule has 2 aliphatic rings. The first-order chi connectivity index (χ1) is 18.4. The number of hydrogen-bond acceptors (Lipinski definition) is 6. The van der Waals surface area contributed by atoms with Crippen molar-refractivity contribution in [3.8, 4) is 0 Å². The molecular formula is C29H34N6O2S. The lowest BCUT2D eigenvalue weighted by molar-refractivity contribution is -0.146. The van der Waals surface area contributed by atoms with Crippen molar-refractivity contribution in [1.29, 1.82) is 0 Å². The monoisotopic (exact) mass is 530 g/mol. The number of carbonyl (C=O) groups is 2. The average molecular weight is 531 g/mol. The van der Waals surface area contributed by atoms with Gasteiger partial charge in [-0.15, -0.1) is 11.3 Å². The molecule has 1 unspecified atom stereocenters. The van der Waals surface area contributed by atoms with E-state index in [1.165, 1.54) is 35.6 Å². The van der Waals surface area contributed by atoms with Gasteiger partial charge in [-0.2, -0.15) is 0 Å². The van der Waals surface area contributed by atoms with Crippen molar-refractivity contribution in [2.75, 3.05) is 31.5 Å². The number of hydrogen-bond donors (Lipinski definition) is 1. The largest absolute Gasteiger partial charge is 0.327 e. The van der Waals surface area contributed by atoms with Crippen LogP contribution >= 0.6 is 11.3 Å². The molecule has 0 aliphatic carbocycles. The fraction of sp³-hybridized carbons (Fsp3) is 0.448. The molecular weight excluding hydrogens is 496 g/mol. The van der Waals surface area contributed by atoms with E-state index in [1.807, 2.05) is 16.8 Å². The lowest BCUT2D eigenvalue weighted by Gasteiger charge is -2.38. The van der Waals surface area contributed by atoms with Gasteiger partial charge in [0.15, 0.2) is 0 Å². The molecule has 38 heavy (non-hydrogen) atoms. The SMILES string of the molecule is CC(CN1CCCC1)c1nc2cc([C@H]3CC[C@H](C)CN3C(=O)C(=O)Nc3ccn4ccnc4c3)ccc2s1. The Hall–Kier alpha value is -3.30. The molecule has 0 bridgehead atoms. The number of nitrogens with one attached hydrogen (secondary N) is 1. The van der Waals surface area contributed by atoms with Gasteiger partial charge in [0.1, 0.15) is 5.65 Å². The van der Waals surface area contributed by atoms with Crippen LogP contribution in [-0.4, -0.2) is 62.2 Å². The van der Waals surface area contributed by atoms with Crippen LogP contribution in [-0.2, 0) is 9.59 Å². The number of pyridine rings is 1. The number of rotatable bonds is 5. The van der Waals surface area contributed by atoms with Gasteiger partial charge in [0.05, 0.1) is 21.3 Å². The third-order valence-corrected chi connectivity index (χ3v) is 9.16. The average Bonchev–Trinajstić information content (AvgIpc) is 3.68. The summed E-state index contributed by atoms with van der Waals surface area (Å²) < 4.78 is 3.03. The molecule has 4 aromatic rings. The summed E-state index contributed by atoms with van der Waals surface area (Å²) in [5.74, 6) is -0.381. The number of benzene rings is 1. The number of aromatic nitrogens is 3. The predicted molar refractivity (Wildman–Crippen MR) is 150 cm³/mol. The first-order valence-electron chi connectivity index (χ1n) is 13.6. The molecule has 1 aromatic carbocycles. The predicted octanol–water partition coefficient (Wildman–Crippen LogP) is 5.08. The van der Waals surface area contributed by atoms with E-state index in [1.54, 1.807) is 34.6 Å². The van der Waals surface area contributed by atoms with Crippen molar-refractivity contribution >= 4 is 44.7 Å². The molecule has 9 heteroatoms. The fourth-order valence-corrected chi connectivity index (χ4v) is 6.83. The highest BCUT2D eigenvalue weighted by molar-refractivity contribution is 7.18. The summed E-state index contributed by atoms with van der Waals surface area (Å²) in [4.78, 5) is 40.0. The van der Waals surface area contributed by atoms with E-state index in [4.69, 9.17) is 4.98 Å². The molecule has 2 amide bonds. The Morgan fingerprint density at radius 3 is 2.82 bits per heavy atom. The van der Waals surface area contributed by atoms with E-state index < -0.39 is 11.8 Å². The second-order valence-corrected chi connectivity index (χ2v) is 12.0. The Morgan fingerprint density at radius 2 is 1.97 bits per heavy atom. The van der Waals surface area contributed by atoms with Crippen LogP contribution in [0.3, 0.4) is 0 Å². The lowest BCUT2D eigenvalue weighted by atomic mass is 9.89. The molecule has 2 saturated heterocycles. The maximum absolute atomic E-state index is 13.4. The van der Waals surface area contributed by atoms with Gasteiger partial charge in [0, 0.05) is 49.4 Å². The Balaban J connectivity index is 1.20. The van der Waals surface area contributed by atoms with Gasteiger partial charge in [-0.05, 0) is 68.5 Å². The summed E-state index contributed by atoms with van der Waals surface area (Å²) in [6.45, 7) is 8.40. The lowest BCUT2D eigenvalue weighted by Crippen LogP contribution is -2.46. The van der Waals surface area contributed by atoms with Crippen molar-refractivity contribution in [1.82, 2.24) is 24.2 Å². The zero-order chi connectivity index (χ0) is 26.2. The Morgan fingerprint density at radius 1 is 1.13 bits per heavy atom. The van der Waals surface area contributed by atoms with E-state index in [-0.39, 0.29) is 6.04 Å². The summed E-state index contributed by atoms with van der Waals surface area (Å²) >= 11 is 1.77. The van der Waals surface area contributed by atoms with Crippen molar-refractivity contribution in [3.05, 3.63) is 59.5 Å². The van der Waals surface area contributed by atoms with E-state index >= 15 is 0 Å². The second-order valence-electron chi connectivity index (χ2n) is 10.9. The molecule has 5 heterocycles. The van der Waals surface area contributed by atoms with Gasteiger partial charge in [-0.25, -0.2) is 9.97 Å². The zero-order valence-corrected chi connectivity index (χ0v) is 22.8. The number of imidazole rings is 1. The Kier molecular flexibility index (Phi) is 6.88. The van der Waals surface area contributed by atoms with Crippen LogP contribution < -0.4 is 5.32 Å². The van der Waals surface area contributed by atoms with Gasteiger partial charge in [-0.3, -0.25) is 9.59 Å². The number of piperidine rings is 1. The first-order valence-corrected chi connectivity index (χ1v) is 14.4. The number of amides is 2. The molecule has 3 aromatic heterocycles. The number of likely N-dealkylation sites (tertiary alicyclic amines) is 2. The number of thiazole rings is 1. The molecule has 2 fully saturated rings. The first kappa shape index (κ1) is 25.0. The summed E-state index contributed by atoms with van der Waals surface area (Å²) in [6, 6.07) is 9.77. The van der Waals surface area contributed by atoms with Gasteiger partial charge in [0.25, 0.3) is 0 Å². The number of carbonyl (C=O) groups excluding carboxylic acids is 2. The minimum absolute atomic E-state index is 0.143. The highest BCUT2D eigenvalue weighted by Gasteiger charge is 2.34. The molecule has 8 nitrogen and oxygen atoms in total.